The van der Waals surface area contributed by atoms with Gasteiger partial charge in [-0.2, -0.15) is 0 Å². The van der Waals surface area contributed by atoms with Crippen LogP contribution in [0.3, 0.4) is 0 Å². The molecule has 2 amide bonds. The first kappa shape index (κ1) is 15.0. The monoisotopic (exact) mass is 255 g/mol. The van der Waals surface area contributed by atoms with Crippen LogP contribution in [0.2, 0.25) is 0 Å². The topological polar surface area (TPSA) is 75.4 Å². The third-order valence-corrected chi connectivity index (χ3v) is 3.62. The van der Waals surface area contributed by atoms with Crippen LogP contribution in [-0.4, -0.2) is 43.4 Å². The molecule has 5 nitrogen and oxygen atoms in total. The number of hydrogen-bond donors (Lipinski definition) is 2. The minimum Gasteiger partial charge on any atom is -0.359 e. The molecule has 0 aromatic carbocycles. The molecule has 1 aliphatic heterocycles. The molecule has 1 aliphatic rings. The van der Waals surface area contributed by atoms with Crippen LogP contribution < -0.4 is 11.1 Å². The standard InChI is InChI=1S/C13H25N3O2/c1-3-5-10(8-14)13(18)16-7-4-6-11(9-16)12(17)15-2/h10-11H,3-9,14H2,1-2H3,(H,15,17). The summed E-state index contributed by atoms with van der Waals surface area (Å²) in [6.07, 6.45) is 3.55. The van der Waals surface area contributed by atoms with E-state index >= 15 is 0 Å². The van der Waals surface area contributed by atoms with Gasteiger partial charge in [0.1, 0.15) is 0 Å². The number of nitrogens with zero attached hydrogens (tertiary/aromatic N) is 1. The average molecular weight is 255 g/mol. The highest BCUT2D eigenvalue weighted by Gasteiger charge is 2.30. The summed E-state index contributed by atoms with van der Waals surface area (Å²) in [5.74, 6) is 0.00596. The molecule has 0 aliphatic carbocycles. The van der Waals surface area contributed by atoms with Gasteiger partial charge in [-0.05, 0) is 19.3 Å². The van der Waals surface area contributed by atoms with Crippen LogP contribution in [0.1, 0.15) is 32.6 Å². The van der Waals surface area contributed by atoms with Crippen molar-refractivity contribution < 1.29 is 9.59 Å². The number of hydrogen-bond acceptors (Lipinski definition) is 3. The predicted molar refractivity (Wildman–Crippen MR) is 70.8 cm³/mol. The van der Waals surface area contributed by atoms with Crippen LogP contribution in [-0.2, 0) is 9.59 Å². The van der Waals surface area contributed by atoms with Crippen molar-refractivity contribution in [2.45, 2.75) is 32.6 Å². The van der Waals surface area contributed by atoms with Crippen molar-refractivity contribution in [2.24, 2.45) is 17.6 Å². The Balaban J connectivity index is 2.59. The lowest BCUT2D eigenvalue weighted by molar-refractivity contribution is -0.139. The van der Waals surface area contributed by atoms with Gasteiger partial charge < -0.3 is 16.0 Å². The van der Waals surface area contributed by atoms with Crippen molar-refractivity contribution >= 4 is 11.8 Å². The molecule has 2 atom stereocenters. The molecule has 1 heterocycles. The van der Waals surface area contributed by atoms with Gasteiger partial charge in [-0.3, -0.25) is 9.59 Å². The van der Waals surface area contributed by atoms with E-state index in [9.17, 15) is 9.59 Å². The quantitative estimate of drug-likeness (QED) is 0.744. The summed E-state index contributed by atoms with van der Waals surface area (Å²) in [5, 5.41) is 2.66. The Hall–Kier alpha value is -1.10. The van der Waals surface area contributed by atoms with Crippen molar-refractivity contribution in [3.05, 3.63) is 0 Å². The fourth-order valence-electron chi connectivity index (χ4n) is 2.54. The molecule has 0 radical (unpaired) electrons. The first-order chi connectivity index (χ1) is 8.63. The molecule has 104 valence electrons. The molecule has 3 N–H and O–H groups in total. The molecule has 1 saturated heterocycles. The Morgan fingerprint density at radius 1 is 1.50 bits per heavy atom. The normalized spacial score (nSPS) is 21.5. The van der Waals surface area contributed by atoms with Gasteiger partial charge in [0, 0.05) is 26.7 Å². The highest BCUT2D eigenvalue weighted by molar-refractivity contribution is 5.82. The zero-order valence-electron chi connectivity index (χ0n) is 11.4. The van der Waals surface area contributed by atoms with Crippen LogP contribution in [0.25, 0.3) is 0 Å². The number of likely N-dealkylation sites (tertiary alicyclic amines) is 1. The Morgan fingerprint density at radius 3 is 2.78 bits per heavy atom. The maximum atomic E-state index is 12.3. The third-order valence-electron chi connectivity index (χ3n) is 3.62. The van der Waals surface area contributed by atoms with E-state index in [0.29, 0.717) is 13.1 Å². The molecule has 5 heteroatoms. The third kappa shape index (κ3) is 3.70. The largest absolute Gasteiger partial charge is 0.359 e. The van der Waals surface area contributed by atoms with Gasteiger partial charge in [0.15, 0.2) is 0 Å². The molecular weight excluding hydrogens is 230 g/mol. The van der Waals surface area contributed by atoms with Gasteiger partial charge in [-0.25, -0.2) is 0 Å². The number of amides is 2. The summed E-state index contributed by atoms with van der Waals surface area (Å²) in [6.45, 7) is 3.75. The molecule has 1 fully saturated rings. The fraction of sp³-hybridized carbons (Fsp3) is 0.846. The maximum Gasteiger partial charge on any atom is 0.226 e. The van der Waals surface area contributed by atoms with Gasteiger partial charge in [0.2, 0.25) is 11.8 Å². The zero-order valence-corrected chi connectivity index (χ0v) is 11.4. The summed E-state index contributed by atoms with van der Waals surface area (Å²) >= 11 is 0. The summed E-state index contributed by atoms with van der Waals surface area (Å²) in [7, 11) is 1.64. The predicted octanol–water partition coefficient (Wildman–Crippen LogP) is 0.346. The SMILES string of the molecule is CCCC(CN)C(=O)N1CCCC(C(=O)NC)C1. The molecule has 2 unspecified atom stereocenters. The van der Waals surface area contributed by atoms with E-state index in [2.05, 4.69) is 12.2 Å². The smallest absolute Gasteiger partial charge is 0.226 e. The van der Waals surface area contributed by atoms with Crippen LogP contribution in [0.15, 0.2) is 0 Å². The number of nitrogens with one attached hydrogen (secondary N) is 1. The average Bonchev–Trinajstić information content (AvgIpc) is 2.43. The number of piperidine rings is 1. The van der Waals surface area contributed by atoms with E-state index in [0.717, 1.165) is 32.2 Å². The van der Waals surface area contributed by atoms with Gasteiger partial charge in [0.25, 0.3) is 0 Å². The minimum absolute atomic E-state index is 0.0345. The second kappa shape index (κ2) is 7.36. The highest BCUT2D eigenvalue weighted by Crippen LogP contribution is 2.19. The lowest BCUT2D eigenvalue weighted by Crippen LogP contribution is -2.47. The van der Waals surface area contributed by atoms with E-state index in [1.54, 1.807) is 7.05 Å². The van der Waals surface area contributed by atoms with Gasteiger partial charge in [-0.1, -0.05) is 13.3 Å². The van der Waals surface area contributed by atoms with Crippen molar-refractivity contribution in [3.63, 3.8) is 0 Å². The van der Waals surface area contributed by atoms with Crippen LogP contribution >= 0.6 is 0 Å². The van der Waals surface area contributed by atoms with E-state index in [1.807, 2.05) is 4.90 Å². The van der Waals surface area contributed by atoms with Gasteiger partial charge in [0.05, 0.1) is 11.8 Å². The molecule has 0 bridgehead atoms. The molecule has 18 heavy (non-hydrogen) atoms. The second-order valence-corrected chi connectivity index (χ2v) is 4.96. The Morgan fingerprint density at radius 2 is 2.22 bits per heavy atom. The summed E-state index contributed by atoms with van der Waals surface area (Å²) in [4.78, 5) is 25.7. The van der Waals surface area contributed by atoms with Gasteiger partial charge in [-0.15, -0.1) is 0 Å². The Bertz CT molecular complexity index is 294. The Kier molecular flexibility index (Phi) is 6.12. The first-order valence-electron chi connectivity index (χ1n) is 6.84. The van der Waals surface area contributed by atoms with E-state index < -0.39 is 0 Å². The molecule has 1 rings (SSSR count). The lowest BCUT2D eigenvalue weighted by atomic mass is 9.94. The lowest BCUT2D eigenvalue weighted by Gasteiger charge is -2.34. The van der Waals surface area contributed by atoms with E-state index in [-0.39, 0.29) is 23.7 Å². The number of nitrogens with two attached hydrogens (primary N) is 1. The van der Waals surface area contributed by atoms with Crippen molar-refractivity contribution in [1.82, 2.24) is 10.2 Å². The van der Waals surface area contributed by atoms with Crippen molar-refractivity contribution in [2.75, 3.05) is 26.7 Å². The zero-order chi connectivity index (χ0) is 13.5. The van der Waals surface area contributed by atoms with E-state index in [1.165, 1.54) is 0 Å². The van der Waals surface area contributed by atoms with Crippen LogP contribution in [0, 0.1) is 11.8 Å². The van der Waals surface area contributed by atoms with Crippen LogP contribution in [0.4, 0.5) is 0 Å². The van der Waals surface area contributed by atoms with Gasteiger partial charge >= 0.3 is 0 Å². The molecule has 0 aromatic heterocycles. The number of rotatable bonds is 5. The van der Waals surface area contributed by atoms with Crippen molar-refractivity contribution in [3.8, 4) is 0 Å². The number of carbonyl (C=O) groups is 2. The molecule has 0 aromatic rings. The molecule has 0 saturated carbocycles. The maximum absolute atomic E-state index is 12.3. The van der Waals surface area contributed by atoms with Crippen LogP contribution in [0.5, 0.6) is 0 Å². The first-order valence-corrected chi connectivity index (χ1v) is 6.84. The highest BCUT2D eigenvalue weighted by atomic mass is 16.2. The number of carbonyl (C=O) groups excluding carboxylic acids is 2. The summed E-state index contributed by atoms with van der Waals surface area (Å²) in [5.41, 5.74) is 5.66. The molecule has 0 spiro atoms. The minimum atomic E-state index is -0.0848. The summed E-state index contributed by atoms with van der Waals surface area (Å²) in [6, 6.07) is 0. The Labute approximate surface area is 109 Å². The molecular formula is C13H25N3O2. The fourth-order valence-corrected chi connectivity index (χ4v) is 2.54. The van der Waals surface area contributed by atoms with Crippen molar-refractivity contribution in [1.29, 1.82) is 0 Å². The summed E-state index contributed by atoms with van der Waals surface area (Å²) < 4.78 is 0. The second-order valence-electron chi connectivity index (χ2n) is 4.96. The van der Waals surface area contributed by atoms with E-state index in [4.69, 9.17) is 5.73 Å².